The summed E-state index contributed by atoms with van der Waals surface area (Å²) >= 11 is 0. The Morgan fingerprint density at radius 3 is 1.47 bits per heavy atom. The Morgan fingerprint density at radius 2 is 0.750 bits per heavy atom. The van der Waals surface area contributed by atoms with Gasteiger partial charge in [-0.2, -0.15) is 0 Å². The minimum absolute atomic E-state index is 0.458. The molecule has 0 N–H and O–H groups in total. The highest BCUT2D eigenvalue weighted by molar-refractivity contribution is 6.14. The quantitative estimate of drug-likeness (QED) is 0.138. The largest absolute Gasteiger partial charge is 0.310 e. The average molecular weight is 864 g/mol. The van der Waals surface area contributed by atoms with Crippen molar-refractivity contribution in [2.24, 2.45) is 0 Å². The van der Waals surface area contributed by atoms with Crippen LogP contribution in [-0.4, -0.2) is 0 Å². The van der Waals surface area contributed by atoms with Crippen molar-refractivity contribution < 1.29 is 0 Å². The molecule has 0 heterocycles. The molecule has 0 saturated carbocycles. The van der Waals surface area contributed by atoms with Crippen molar-refractivity contribution in [2.45, 2.75) is 5.41 Å². The molecule has 1 nitrogen and oxygen atoms in total. The Kier molecular flexibility index (Phi) is 9.47. The van der Waals surface area contributed by atoms with Crippen LogP contribution in [-0.2, 0) is 5.41 Å². The van der Waals surface area contributed by atoms with Crippen LogP contribution in [0.15, 0.2) is 273 Å². The van der Waals surface area contributed by atoms with Crippen LogP contribution in [0.1, 0.15) is 22.3 Å². The molecule has 1 heteroatoms. The van der Waals surface area contributed by atoms with E-state index in [0.29, 0.717) is 0 Å². The predicted molar refractivity (Wildman–Crippen MR) is 287 cm³/mol. The third-order valence-electron chi connectivity index (χ3n) is 14.3. The molecule has 0 spiro atoms. The number of nitrogens with zero attached hydrogens (tertiary/aromatic N) is 1. The van der Waals surface area contributed by atoms with Crippen molar-refractivity contribution in [1.82, 2.24) is 0 Å². The SMILES string of the molecule is c1ccc(C2(c3ccccc3)c3ccccc3-c3c(-c4ccc(N(c5ccc(-c6cccc7ccccc67)cc5)c5cccc(-c6cc7ccccc7c7ccccc67)c5)cc4)cccc32)cc1. The Balaban J connectivity index is 0.962. The van der Waals surface area contributed by atoms with Gasteiger partial charge in [0.05, 0.1) is 5.41 Å². The maximum Gasteiger partial charge on any atom is 0.0713 e. The van der Waals surface area contributed by atoms with Gasteiger partial charge in [-0.05, 0) is 142 Å². The predicted octanol–water partition coefficient (Wildman–Crippen LogP) is 18.0. The van der Waals surface area contributed by atoms with Crippen molar-refractivity contribution in [3.8, 4) is 44.5 Å². The van der Waals surface area contributed by atoms with E-state index in [-0.39, 0.29) is 0 Å². The second-order valence-corrected chi connectivity index (χ2v) is 18.0. The fourth-order valence-corrected chi connectivity index (χ4v) is 11.3. The molecule has 0 radical (unpaired) electrons. The van der Waals surface area contributed by atoms with Gasteiger partial charge in [-0.15, -0.1) is 0 Å². The zero-order valence-electron chi connectivity index (χ0n) is 37.4. The van der Waals surface area contributed by atoms with E-state index >= 15 is 0 Å². The Morgan fingerprint density at radius 1 is 0.250 bits per heavy atom. The van der Waals surface area contributed by atoms with Crippen molar-refractivity contribution >= 4 is 49.4 Å². The molecule has 318 valence electrons. The molecule has 68 heavy (non-hydrogen) atoms. The second kappa shape index (κ2) is 16.3. The molecular formula is C67H45N. The number of fused-ring (bicyclic) bond motifs is 7. The summed E-state index contributed by atoms with van der Waals surface area (Å²) in [6, 6.07) is 101. The zero-order chi connectivity index (χ0) is 45.0. The first-order valence-corrected chi connectivity index (χ1v) is 23.6. The van der Waals surface area contributed by atoms with Crippen LogP contribution in [0.4, 0.5) is 17.1 Å². The molecular weight excluding hydrogens is 819 g/mol. The molecule has 0 unspecified atom stereocenters. The van der Waals surface area contributed by atoms with Crippen LogP contribution in [0.2, 0.25) is 0 Å². The summed E-state index contributed by atoms with van der Waals surface area (Å²) < 4.78 is 0. The fraction of sp³-hybridized carbons (Fsp3) is 0.0149. The molecule has 0 atom stereocenters. The summed E-state index contributed by atoms with van der Waals surface area (Å²) in [5.41, 5.74) is 17.8. The number of hydrogen-bond acceptors (Lipinski definition) is 1. The van der Waals surface area contributed by atoms with Gasteiger partial charge in [-0.1, -0.05) is 231 Å². The Bertz CT molecular complexity index is 3790. The van der Waals surface area contributed by atoms with Gasteiger partial charge in [0.25, 0.3) is 0 Å². The standard InChI is InChI=1S/C67H45N/c1-3-22-51(23-4-1)67(52-24-5-2-6-25-52)64-34-14-13-31-62(64)66-59(33-17-35-65(66)67)48-38-42-54(43-39-48)68(53-40-36-47(37-41-53)57-32-16-20-46-18-7-9-27-56(46)57)55-26-15-21-49(44-55)63-45-50-19-8-10-28-58(50)60-29-11-12-30-61(60)63/h1-45H. The number of anilines is 3. The fourth-order valence-electron chi connectivity index (χ4n) is 11.3. The van der Waals surface area contributed by atoms with Gasteiger partial charge in [0.15, 0.2) is 0 Å². The Labute approximate surface area is 397 Å². The first-order valence-electron chi connectivity index (χ1n) is 23.6. The first-order chi connectivity index (χ1) is 33.7. The smallest absolute Gasteiger partial charge is 0.0713 e. The van der Waals surface area contributed by atoms with Crippen LogP contribution in [0, 0.1) is 0 Å². The lowest BCUT2D eigenvalue weighted by Crippen LogP contribution is -2.28. The normalized spacial score (nSPS) is 12.5. The van der Waals surface area contributed by atoms with Gasteiger partial charge in [-0.3, -0.25) is 0 Å². The lowest BCUT2D eigenvalue weighted by molar-refractivity contribution is 0.768. The number of benzene rings is 12. The van der Waals surface area contributed by atoms with E-state index in [1.165, 1.54) is 99.1 Å². The highest BCUT2D eigenvalue weighted by atomic mass is 15.1. The molecule has 1 aliphatic carbocycles. The molecule has 0 saturated heterocycles. The topological polar surface area (TPSA) is 3.24 Å². The van der Waals surface area contributed by atoms with Gasteiger partial charge in [0.1, 0.15) is 0 Å². The van der Waals surface area contributed by atoms with E-state index < -0.39 is 5.41 Å². The average Bonchev–Trinajstić information content (AvgIpc) is 3.73. The molecule has 0 amide bonds. The maximum atomic E-state index is 2.41. The minimum atomic E-state index is -0.458. The highest BCUT2D eigenvalue weighted by Gasteiger charge is 2.46. The summed E-state index contributed by atoms with van der Waals surface area (Å²) in [6.07, 6.45) is 0. The van der Waals surface area contributed by atoms with Crippen LogP contribution >= 0.6 is 0 Å². The maximum absolute atomic E-state index is 2.41. The van der Waals surface area contributed by atoms with Gasteiger partial charge < -0.3 is 4.90 Å². The first kappa shape index (κ1) is 39.6. The van der Waals surface area contributed by atoms with E-state index in [2.05, 4.69) is 278 Å². The lowest BCUT2D eigenvalue weighted by Gasteiger charge is -2.34. The molecule has 1 aliphatic rings. The van der Waals surface area contributed by atoms with Gasteiger partial charge in [0.2, 0.25) is 0 Å². The summed E-state index contributed by atoms with van der Waals surface area (Å²) in [5.74, 6) is 0. The lowest BCUT2D eigenvalue weighted by atomic mass is 9.67. The van der Waals surface area contributed by atoms with E-state index in [0.717, 1.165) is 17.1 Å². The summed E-state index contributed by atoms with van der Waals surface area (Å²) in [7, 11) is 0. The van der Waals surface area contributed by atoms with Crippen molar-refractivity contribution in [3.05, 3.63) is 295 Å². The molecule has 12 aromatic rings. The van der Waals surface area contributed by atoms with Gasteiger partial charge >= 0.3 is 0 Å². The minimum Gasteiger partial charge on any atom is -0.310 e. The second-order valence-electron chi connectivity index (χ2n) is 18.0. The van der Waals surface area contributed by atoms with Gasteiger partial charge in [-0.25, -0.2) is 0 Å². The number of rotatable bonds is 8. The van der Waals surface area contributed by atoms with E-state index in [1.807, 2.05) is 0 Å². The third kappa shape index (κ3) is 6.32. The summed E-state index contributed by atoms with van der Waals surface area (Å²) in [4.78, 5) is 2.41. The third-order valence-corrected chi connectivity index (χ3v) is 14.3. The monoisotopic (exact) mass is 863 g/mol. The van der Waals surface area contributed by atoms with Crippen LogP contribution in [0.25, 0.3) is 76.8 Å². The van der Waals surface area contributed by atoms with Crippen LogP contribution < -0.4 is 4.90 Å². The van der Waals surface area contributed by atoms with E-state index in [9.17, 15) is 0 Å². The molecule has 12 aromatic carbocycles. The number of hydrogen-bond donors (Lipinski definition) is 0. The van der Waals surface area contributed by atoms with Crippen LogP contribution in [0.5, 0.6) is 0 Å². The Hall–Kier alpha value is -8.78. The summed E-state index contributed by atoms with van der Waals surface area (Å²) in [5, 5.41) is 7.52. The van der Waals surface area contributed by atoms with Crippen molar-refractivity contribution in [3.63, 3.8) is 0 Å². The molecule has 0 aromatic heterocycles. The molecule has 0 fully saturated rings. The van der Waals surface area contributed by atoms with Crippen molar-refractivity contribution in [2.75, 3.05) is 4.90 Å². The van der Waals surface area contributed by atoms with Crippen molar-refractivity contribution in [1.29, 1.82) is 0 Å². The highest BCUT2D eigenvalue weighted by Crippen LogP contribution is 2.58. The van der Waals surface area contributed by atoms with E-state index in [1.54, 1.807) is 0 Å². The zero-order valence-corrected chi connectivity index (χ0v) is 37.4. The molecule has 13 rings (SSSR count). The summed E-state index contributed by atoms with van der Waals surface area (Å²) in [6.45, 7) is 0. The van der Waals surface area contributed by atoms with Gasteiger partial charge in [0, 0.05) is 17.1 Å². The van der Waals surface area contributed by atoms with E-state index in [4.69, 9.17) is 0 Å². The molecule has 0 aliphatic heterocycles. The molecule has 0 bridgehead atoms. The van der Waals surface area contributed by atoms with Crippen LogP contribution in [0.3, 0.4) is 0 Å².